The number of carbonyl (C=O) groups excluding carboxylic acids is 1. The molecule has 1 N–H and O–H groups in total. The Balaban J connectivity index is 1.78. The Bertz CT molecular complexity index is 868. The minimum Gasteiger partial charge on any atom is -0.545 e. The second-order valence-electron chi connectivity index (χ2n) is 6.51. The van der Waals surface area contributed by atoms with Crippen molar-refractivity contribution in [1.29, 1.82) is 0 Å². The van der Waals surface area contributed by atoms with Crippen LogP contribution in [0.25, 0.3) is 0 Å². The summed E-state index contributed by atoms with van der Waals surface area (Å²) in [6.45, 7) is 5.26. The van der Waals surface area contributed by atoms with E-state index in [0.717, 1.165) is 5.56 Å². The maximum absolute atomic E-state index is 11.7. The molecule has 0 spiro atoms. The quantitative estimate of drug-likeness (QED) is 0.704. The van der Waals surface area contributed by atoms with Crippen LogP contribution in [-0.4, -0.2) is 46.0 Å². The first kappa shape index (κ1) is 21.1. The van der Waals surface area contributed by atoms with Crippen molar-refractivity contribution in [3.8, 4) is 11.5 Å². The van der Waals surface area contributed by atoms with E-state index in [2.05, 4.69) is 5.32 Å². The molecule has 8 heteroatoms. The highest BCUT2D eigenvalue weighted by Gasteiger charge is 2.16. The fourth-order valence-corrected chi connectivity index (χ4v) is 3.59. The summed E-state index contributed by atoms with van der Waals surface area (Å²) in [5.41, 5.74) is 2.35. The molecule has 156 valence electrons. The summed E-state index contributed by atoms with van der Waals surface area (Å²) in [5.74, 6) is -0.148. The van der Waals surface area contributed by atoms with Crippen LogP contribution in [0, 0.1) is 0 Å². The van der Waals surface area contributed by atoms with Crippen LogP contribution in [0.15, 0.2) is 30.3 Å². The van der Waals surface area contributed by atoms with Gasteiger partial charge in [0, 0.05) is 36.6 Å². The van der Waals surface area contributed by atoms with E-state index in [1.54, 1.807) is 25.3 Å². The van der Waals surface area contributed by atoms with Gasteiger partial charge in [0.2, 0.25) is 0 Å². The molecule has 1 aliphatic heterocycles. The van der Waals surface area contributed by atoms with Crippen LogP contribution in [-0.2, 0) is 11.3 Å². The number of hydrogen-bond donors (Lipinski definition) is 1. The predicted molar refractivity (Wildman–Crippen MR) is 110 cm³/mol. The standard InChI is InChI=1S/C21H25ClN2O5/c1-3-29-19-11-14(10-17(22)20(19)27-2)13-23-15-4-5-18(16(12-15)21(25)26)24-6-8-28-9-7-24/h4-5,10-12,23H,3,6-9,13H2,1-2H3,(H,25,26)/p-1. The molecule has 29 heavy (non-hydrogen) atoms. The molecule has 0 aromatic heterocycles. The lowest BCUT2D eigenvalue weighted by Crippen LogP contribution is -2.38. The molecule has 0 atom stereocenters. The zero-order chi connectivity index (χ0) is 20.8. The zero-order valence-corrected chi connectivity index (χ0v) is 17.3. The van der Waals surface area contributed by atoms with Gasteiger partial charge >= 0.3 is 0 Å². The fourth-order valence-electron chi connectivity index (χ4n) is 3.28. The average Bonchev–Trinajstić information content (AvgIpc) is 2.73. The number of rotatable bonds is 8. The Labute approximate surface area is 175 Å². The van der Waals surface area contributed by atoms with Gasteiger partial charge in [0.1, 0.15) is 0 Å². The second-order valence-corrected chi connectivity index (χ2v) is 6.92. The SMILES string of the molecule is CCOc1cc(CNc2ccc(N3CCOCC3)c(C(=O)[O-])c2)cc(Cl)c1OC. The molecule has 0 amide bonds. The number of morpholine rings is 1. The molecular weight excluding hydrogens is 396 g/mol. The molecule has 1 aliphatic rings. The van der Waals surface area contributed by atoms with Crippen molar-refractivity contribution in [2.24, 2.45) is 0 Å². The van der Waals surface area contributed by atoms with Gasteiger partial charge in [-0.15, -0.1) is 0 Å². The number of anilines is 2. The second kappa shape index (κ2) is 9.71. The van der Waals surface area contributed by atoms with Gasteiger partial charge in [-0.25, -0.2) is 0 Å². The Hall–Kier alpha value is -2.64. The number of carbonyl (C=O) groups is 1. The smallest absolute Gasteiger partial charge is 0.179 e. The molecule has 0 bridgehead atoms. The number of halogens is 1. The van der Waals surface area contributed by atoms with E-state index in [9.17, 15) is 9.90 Å². The molecule has 0 saturated carbocycles. The highest BCUT2D eigenvalue weighted by atomic mass is 35.5. The zero-order valence-electron chi connectivity index (χ0n) is 16.5. The van der Waals surface area contributed by atoms with Crippen LogP contribution in [0.3, 0.4) is 0 Å². The Morgan fingerprint density at radius 2 is 2.03 bits per heavy atom. The number of ether oxygens (including phenoxy) is 3. The Kier molecular flexibility index (Phi) is 7.06. The lowest BCUT2D eigenvalue weighted by molar-refractivity contribution is -0.254. The first-order valence-corrected chi connectivity index (χ1v) is 9.82. The number of hydrogen-bond acceptors (Lipinski definition) is 7. The van der Waals surface area contributed by atoms with Crippen molar-refractivity contribution in [3.05, 3.63) is 46.5 Å². The third-order valence-corrected chi connectivity index (χ3v) is 4.92. The van der Waals surface area contributed by atoms with E-state index in [1.807, 2.05) is 24.0 Å². The number of aromatic carboxylic acids is 1. The van der Waals surface area contributed by atoms with Gasteiger partial charge in [0.15, 0.2) is 11.5 Å². The first-order valence-electron chi connectivity index (χ1n) is 9.44. The maximum atomic E-state index is 11.7. The largest absolute Gasteiger partial charge is 0.545 e. The molecule has 7 nitrogen and oxygen atoms in total. The highest BCUT2D eigenvalue weighted by molar-refractivity contribution is 6.32. The molecule has 1 fully saturated rings. The minimum absolute atomic E-state index is 0.152. The molecule has 2 aromatic carbocycles. The van der Waals surface area contributed by atoms with Gasteiger partial charge < -0.3 is 34.3 Å². The monoisotopic (exact) mass is 419 g/mol. The number of methoxy groups -OCH3 is 1. The van der Waals surface area contributed by atoms with Crippen LogP contribution in [0.4, 0.5) is 11.4 Å². The molecule has 0 unspecified atom stereocenters. The van der Waals surface area contributed by atoms with E-state index in [1.165, 1.54) is 0 Å². The van der Waals surface area contributed by atoms with Crippen molar-refractivity contribution >= 4 is 28.9 Å². The number of nitrogens with one attached hydrogen (secondary N) is 1. The van der Waals surface area contributed by atoms with Crippen LogP contribution < -0.4 is 24.8 Å². The number of carboxylic acids is 1. The third kappa shape index (κ3) is 5.05. The van der Waals surface area contributed by atoms with Crippen molar-refractivity contribution in [2.45, 2.75) is 13.5 Å². The number of benzene rings is 2. The summed E-state index contributed by atoms with van der Waals surface area (Å²) in [6.07, 6.45) is 0. The maximum Gasteiger partial charge on any atom is 0.179 e. The summed E-state index contributed by atoms with van der Waals surface area (Å²) < 4.78 is 16.2. The van der Waals surface area contributed by atoms with E-state index in [0.29, 0.717) is 67.4 Å². The van der Waals surface area contributed by atoms with Gasteiger partial charge in [-0.1, -0.05) is 11.6 Å². The van der Waals surface area contributed by atoms with E-state index < -0.39 is 5.97 Å². The van der Waals surface area contributed by atoms with E-state index in [4.69, 9.17) is 25.8 Å². The average molecular weight is 420 g/mol. The summed E-state index contributed by atoms with van der Waals surface area (Å²) in [6, 6.07) is 8.88. The van der Waals surface area contributed by atoms with Gasteiger partial charge in [0.25, 0.3) is 0 Å². The Morgan fingerprint density at radius 3 is 2.69 bits per heavy atom. The molecule has 1 saturated heterocycles. The van der Waals surface area contributed by atoms with Crippen molar-refractivity contribution < 1.29 is 24.1 Å². The van der Waals surface area contributed by atoms with Crippen LogP contribution in [0.5, 0.6) is 11.5 Å². The molecule has 0 radical (unpaired) electrons. The lowest BCUT2D eigenvalue weighted by atomic mass is 10.1. The molecule has 3 rings (SSSR count). The lowest BCUT2D eigenvalue weighted by Gasteiger charge is -2.31. The summed E-state index contributed by atoms with van der Waals surface area (Å²) in [5, 5.41) is 15.4. The summed E-state index contributed by atoms with van der Waals surface area (Å²) in [4.78, 5) is 13.7. The highest BCUT2D eigenvalue weighted by Crippen LogP contribution is 2.36. The normalized spacial score (nSPS) is 13.8. The summed E-state index contributed by atoms with van der Waals surface area (Å²) >= 11 is 6.29. The number of nitrogens with zero attached hydrogens (tertiary/aromatic N) is 1. The van der Waals surface area contributed by atoms with Crippen LogP contribution >= 0.6 is 11.6 Å². The topological polar surface area (TPSA) is 83.1 Å². The fraction of sp³-hybridized carbons (Fsp3) is 0.381. The van der Waals surface area contributed by atoms with Gasteiger partial charge in [-0.3, -0.25) is 0 Å². The number of carboxylic acid groups (broad SMARTS) is 1. The van der Waals surface area contributed by atoms with Gasteiger partial charge in [-0.05, 0) is 42.8 Å². The van der Waals surface area contributed by atoms with Crippen molar-refractivity contribution in [3.63, 3.8) is 0 Å². The predicted octanol–water partition coefficient (Wildman–Crippen LogP) is 2.56. The first-order chi connectivity index (χ1) is 14.0. The minimum atomic E-state index is -1.21. The van der Waals surface area contributed by atoms with Crippen LogP contribution in [0.2, 0.25) is 5.02 Å². The summed E-state index contributed by atoms with van der Waals surface area (Å²) in [7, 11) is 1.54. The van der Waals surface area contributed by atoms with Crippen molar-refractivity contribution in [1.82, 2.24) is 0 Å². The molecular formula is C21H24ClN2O5-. The molecule has 2 aromatic rings. The Morgan fingerprint density at radius 1 is 1.28 bits per heavy atom. The van der Waals surface area contributed by atoms with Gasteiger partial charge in [-0.2, -0.15) is 0 Å². The van der Waals surface area contributed by atoms with Gasteiger partial charge in [0.05, 0.1) is 37.9 Å². The van der Waals surface area contributed by atoms with E-state index >= 15 is 0 Å². The van der Waals surface area contributed by atoms with E-state index in [-0.39, 0.29) is 5.56 Å². The molecule has 0 aliphatic carbocycles. The molecule has 1 heterocycles. The van der Waals surface area contributed by atoms with Crippen LogP contribution in [0.1, 0.15) is 22.8 Å². The third-order valence-electron chi connectivity index (χ3n) is 4.64. The van der Waals surface area contributed by atoms with Crippen molar-refractivity contribution in [2.75, 3.05) is 50.2 Å².